The summed E-state index contributed by atoms with van der Waals surface area (Å²) in [7, 11) is 0. The fourth-order valence-corrected chi connectivity index (χ4v) is 2.86. The Bertz CT molecular complexity index is 851. The SMILES string of the molecule is CCOc1ccccc1CN(Cc1ccccc1)C(=O)Nc1ccccc1. The average Bonchev–Trinajstić information content (AvgIpc) is 2.70. The molecule has 0 aliphatic heterocycles. The number of carbonyl (C=O) groups excluding carboxylic acids is 1. The van der Waals surface area contributed by atoms with Crippen LogP contribution in [-0.2, 0) is 13.1 Å². The zero-order valence-electron chi connectivity index (χ0n) is 15.5. The van der Waals surface area contributed by atoms with Crippen molar-refractivity contribution in [3.05, 3.63) is 96.1 Å². The number of urea groups is 1. The molecule has 0 aliphatic rings. The van der Waals surface area contributed by atoms with Gasteiger partial charge in [0.1, 0.15) is 5.75 Å². The summed E-state index contributed by atoms with van der Waals surface area (Å²) in [5.74, 6) is 0.811. The zero-order chi connectivity index (χ0) is 18.9. The first-order chi connectivity index (χ1) is 13.3. The Balaban J connectivity index is 1.82. The maximum Gasteiger partial charge on any atom is 0.322 e. The molecule has 0 saturated carbocycles. The lowest BCUT2D eigenvalue weighted by Gasteiger charge is -2.24. The van der Waals surface area contributed by atoms with Crippen LogP contribution in [0.1, 0.15) is 18.1 Å². The van der Waals surface area contributed by atoms with E-state index in [2.05, 4.69) is 5.32 Å². The highest BCUT2D eigenvalue weighted by molar-refractivity contribution is 5.89. The van der Waals surface area contributed by atoms with Crippen LogP contribution in [0.2, 0.25) is 0 Å². The first-order valence-corrected chi connectivity index (χ1v) is 9.12. The van der Waals surface area contributed by atoms with Crippen molar-refractivity contribution in [2.75, 3.05) is 11.9 Å². The number of hydrogen-bond acceptors (Lipinski definition) is 2. The molecule has 0 fully saturated rings. The van der Waals surface area contributed by atoms with Gasteiger partial charge in [-0.3, -0.25) is 0 Å². The van der Waals surface area contributed by atoms with Crippen molar-refractivity contribution in [2.24, 2.45) is 0 Å². The molecule has 0 saturated heterocycles. The van der Waals surface area contributed by atoms with Crippen LogP contribution in [0.3, 0.4) is 0 Å². The summed E-state index contributed by atoms with van der Waals surface area (Å²) in [4.78, 5) is 14.8. The largest absolute Gasteiger partial charge is 0.494 e. The van der Waals surface area contributed by atoms with Crippen molar-refractivity contribution in [3.8, 4) is 5.75 Å². The first-order valence-electron chi connectivity index (χ1n) is 9.12. The van der Waals surface area contributed by atoms with Crippen LogP contribution in [0.4, 0.5) is 10.5 Å². The minimum absolute atomic E-state index is 0.142. The molecule has 138 valence electrons. The second-order valence-corrected chi connectivity index (χ2v) is 6.18. The van der Waals surface area contributed by atoms with Crippen molar-refractivity contribution in [2.45, 2.75) is 20.0 Å². The van der Waals surface area contributed by atoms with Gasteiger partial charge in [0.2, 0.25) is 0 Å². The third-order valence-corrected chi connectivity index (χ3v) is 4.16. The van der Waals surface area contributed by atoms with Gasteiger partial charge in [-0.1, -0.05) is 66.7 Å². The molecule has 0 aromatic heterocycles. The lowest BCUT2D eigenvalue weighted by Crippen LogP contribution is -2.34. The fourth-order valence-electron chi connectivity index (χ4n) is 2.86. The molecular formula is C23H24N2O2. The standard InChI is InChI=1S/C23H24N2O2/c1-2-27-22-16-10-9-13-20(22)18-25(17-19-11-5-3-6-12-19)23(26)24-21-14-7-4-8-15-21/h3-16H,2,17-18H2,1H3,(H,24,26). The van der Waals surface area contributed by atoms with Crippen molar-refractivity contribution in [3.63, 3.8) is 0 Å². The van der Waals surface area contributed by atoms with Gasteiger partial charge in [-0.15, -0.1) is 0 Å². The first kappa shape index (κ1) is 18.5. The van der Waals surface area contributed by atoms with Gasteiger partial charge in [-0.25, -0.2) is 4.79 Å². The van der Waals surface area contributed by atoms with E-state index in [9.17, 15) is 4.79 Å². The van der Waals surface area contributed by atoms with Crippen LogP contribution in [-0.4, -0.2) is 17.5 Å². The number of benzene rings is 3. The maximum absolute atomic E-state index is 13.0. The van der Waals surface area contributed by atoms with E-state index in [0.717, 1.165) is 22.6 Å². The number of carbonyl (C=O) groups is 1. The smallest absolute Gasteiger partial charge is 0.322 e. The van der Waals surface area contributed by atoms with E-state index in [1.807, 2.05) is 91.9 Å². The number of amides is 2. The lowest BCUT2D eigenvalue weighted by molar-refractivity contribution is 0.205. The van der Waals surface area contributed by atoms with E-state index < -0.39 is 0 Å². The molecule has 0 spiro atoms. The summed E-state index contributed by atoms with van der Waals surface area (Å²) in [6, 6.07) is 27.2. The van der Waals surface area contributed by atoms with Crippen molar-refractivity contribution in [1.82, 2.24) is 4.90 Å². The third-order valence-electron chi connectivity index (χ3n) is 4.16. The van der Waals surface area contributed by atoms with Crippen LogP contribution in [0.5, 0.6) is 5.75 Å². The molecular weight excluding hydrogens is 336 g/mol. The van der Waals surface area contributed by atoms with Gasteiger partial charge >= 0.3 is 6.03 Å². The van der Waals surface area contributed by atoms with E-state index in [-0.39, 0.29) is 6.03 Å². The summed E-state index contributed by atoms with van der Waals surface area (Å²) >= 11 is 0. The van der Waals surface area contributed by atoms with Crippen LogP contribution in [0.15, 0.2) is 84.9 Å². The second kappa shape index (κ2) is 9.43. The predicted octanol–water partition coefficient (Wildman–Crippen LogP) is 5.32. The lowest BCUT2D eigenvalue weighted by atomic mass is 10.1. The molecule has 4 nitrogen and oxygen atoms in total. The molecule has 2 amide bonds. The zero-order valence-corrected chi connectivity index (χ0v) is 15.5. The third kappa shape index (κ3) is 5.35. The van der Waals surface area contributed by atoms with E-state index >= 15 is 0 Å². The molecule has 4 heteroatoms. The molecule has 3 aromatic carbocycles. The van der Waals surface area contributed by atoms with Gasteiger partial charge in [0.25, 0.3) is 0 Å². The molecule has 0 bridgehead atoms. The van der Waals surface area contributed by atoms with E-state index in [1.54, 1.807) is 4.90 Å². The topological polar surface area (TPSA) is 41.6 Å². The molecule has 0 atom stereocenters. The summed E-state index contributed by atoms with van der Waals surface area (Å²) in [5, 5.41) is 2.98. The Morgan fingerprint density at radius 1 is 0.852 bits per heavy atom. The Morgan fingerprint density at radius 3 is 2.19 bits per heavy atom. The number of anilines is 1. The molecule has 1 N–H and O–H groups in total. The number of rotatable bonds is 7. The Kier molecular flexibility index (Phi) is 6.47. The van der Waals surface area contributed by atoms with E-state index in [1.165, 1.54) is 0 Å². The Hall–Kier alpha value is -3.27. The maximum atomic E-state index is 13.0. The van der Waals surface area contributed by atoms with Crippen LogP contribution < -0.4 is 10.1 Å². The van der Waals surface area contributed by atoms with Gasteiger partial charge in [0.05, 0.1) is 13.2 Å². The van der Waals surface area contributed by atoms with Crippen molar-refractivity contribution in [1.29, 1.82) is 0 Å². The molecule has 3 rings (SSSR count). The Labute approximate surface area is 160 Å². The van der Waals surface area contributed by atoms with Gasteiger partial charge in [-0.05, 0) is 30.7 Å². The van der Waals surface area contributed by atoms with Gasteiger partial charge in [0.15, 0.2) is 0 Å². The summed E-state index contributed by atoms with van der Waals surface area (Å²) in [6.07, 6.45) is 0. The Morgan fingerprint density at radius 2 is 1.48 bits per heavy atom. The van der Waals surface area contributed by atoms with E-state index in [0.29, 0.717) is 19.7 Å². The highest BCUT2D eigenvalue weighted by Crippen LogP contribution is 2.21. The fraction of sp³-hybridized carbons (Fsp3) is 0.174. The summed E-state index contributed by atoms with van der Waals surface area (Å²) in [6.45, 7) is 3.52. The molecule has 0 unspecified atom stereocenters. The quantitative estimate of drug-likeness (QED) is 0.619. The number of nitrogens with one attached hydrogen (secondary N) is 1. The minimum Gasteiger partial charge on any atom is -0.494 e. The van der Waals surface area contributed by atoms with Gasteiger partial charge in [0, 0.05) is 17.8 Å². The number of para-hydroxylation sites is 2. The number of nitrogens with zero attached hydrogens (tertiary/aromatic N) is 1. The monoisotopic (exact) mass is 360 g/mol. The van der Waals surface area contributed by atoms with Crippen LogP contribution in [0, 0.1) is 0 Å². The highest BCUT2D eigenvalue weighted by Gasteiger charge is 2.17. The van der Waals surface area contributed by atoms with E-state index in [4.69, 9.17) is 4.74 Å². The highest BCUT2D eigenvalue weighted by atomic mass is 16.5. The molecule has 0 heterocycles. The van der Waals surface area contributed by atoms with Crippen molar-refractivity contribution < 1.29 is 9.53 Å². The number of hydrogen-bond donors (Lipinski definition) is 1. The van der Waals surface area contributed by atoms with Crippen LogP contribution in [0.25, 0.3) is 0 Å². The minimum atomic E-state index is -0.142. The molecule has 27 heavy (non-hydrogen) atoms. The molecule has 3 aromatic rings. The molecule has 0 aliphatic carbocycles. The summed E-state index contributed by atoms with van der Waals surface area (Å²) in [5.41, 5.74) is 2.84. The predicted molar refractivity (Wildman–Crippen MR) is 109 cm³/mol. The second-order valence-electron chi connectivity index (χ2n) is 6.18. The van der Waals surface area contributed by atoms with Crippen molar-refractivity contribution >= 4 is 11.7 Å². The average molecular weight is 360 g/mol. The normalized spacial score (nSPS) is 10.3. The number of ether oxygens (including phenoxy) is 1. The summed E-state index contributed by atoms with van der Waals surface area (Å²) < 4.78 is 5.73. The van der Waals surface area contributed by atoms with Gasteiger partial charge < -0.3 is 15.0 Å². The van der Waals surface area contributed by atoms with Gasteiger partial charge in [-0.2, -0.15) is 0 Å². The molecule has 0 radical (unpaired) electrons. The van der Waals surface area contributed by atoms with Crippen LogP contribution >= 0.6 is 0 Å².